The molecule has 0 aliphatic carbocycles. The fourth-order valence-electron chi connectivity index (χ4n) is 3.35. The predicted octanol–water partition coefficient (Wildman–Crippen LogP) is 3.71. The van der Waals surface area contributed by atoms with E-state index in [1.165, 1.54) is 11.6 Å². The second-order valence-corrected chi connectivity index (χ2v) is 7.49. The Morgan fingerprint density at radius 3 is 2.83 bits per heavy atom. The van der Waals surface area contributed by atoms with Gasteiger partial charge in [0.1, 0.15) is 0 Å². The van der Waals surface area contributed by atoms with Gasteiger partial charge in [0.15, 0.2) is 17.6 Å². The largest absolute Gasteiger partial charge is 0.374 e. The first-order valence-corrected chi connectivity index (χ1v) is 10.1. The molecule has 6 nitrogen and oxygen atoms in total. The molecule has 2 heterocycles. The van der Waals surface area contributed by atoms with Gasteiger partial charge in [0.2, 0.25) is 0 Å². The Kier molecular flexibility index (Phi) is 9.77. The number of rotatable bonds is 7. The van der Waals surface area contributed by atoms with Gasteiger partial charge in [-0.15, -0.1) is 24.0 Å². The molecule has 3 rings (SSSR count). The van der Waals surface area contributed by atoms with Crippen LogP contribution in [-0.4, -0.2) is 43.2 Å². The molecule has 1 aromatic heterocycles. The number of benzene rings is 1. The molecule has 30 heavy (non-hydrogen) atoms. The number of halogens is 2. The van der Waals surface area contributed by atoms with Crippen LogP contribution >= 0.6 is 24.0 Å². The summed E-state index contributed by atoms with van der Waals surface area (Å²) in [5, 5.41) is 6.79. The monoisotopic (exact) mass is 527 g/mol. The highest BCUT2D eigenvalue weighted by atomic mass is 127. The van der Waals surface area contributed by atoms with Crippen LogP contribution in [0.4, 0.5) is 10.2 Å². The summed E-state index contributed by atoms with van der Waals surface area (Å²) in [7, 11) is 1.76. The first-order valence-electron chi connectivity index (χ1n) is 10.1. The van der Waals surface area contributed by atoms with Crippen molar-refractivity contribution in [1.29, 1.82) is 0 Å². The quantitative estimate of drug-likeness (QED) is 0.327. The minimum absolute atomic E-state index is 0. The van der Waals surface area contributed by atoms with Gasteiger partial charge >= 0.3 is 0 Å². The fourth-order valence-corrected chi connectivity index (χ4v) is 3.35. The lowest BCUT2D eigenvalue weighted by atomic mass is 10.1. The molecule has 2 aromatic rings. The lowest BCUT2D eigenvalue weighted by molar-refractivity contribution is 0.0657. The van der Waals surface area contributed by atoms with Crippen LogP contribution in [0.3, 0.4) is 0 Å². The van der Waals surface area contributed by atoms with Gasteiger partial charge in [-0.3, -0.25) is 4.99 Å². The molecule has 8 heteroatoms. The third kappa shape index (κ3) is 7.09. The summed E-state index contributed by atoms with van der Waals surface area (Å²) in [6.07, 6.45) is 2.74. The van der Waals surface area contributed by atoms with E-state index in [4.69, 9.17) is 4.74 Å². The van der Waals surface area contributed by atoms with Crippen molar-refractivity contribution in [2.75, 3.05) is 25.0 Å². The standard InChI is InChI=1S/C22H30FN5O.HI/c1-16(2)29-15-18-7-4-6-17(12-18)13-26-22(24-3)27-19-9-11-28(14-19)21-20(23)8-5-10-25-21;/h4-8,10,12,16,19H,9,11,13-15H2,1-3H3,(H2,24,26,27);1H. The van der Waals surface area contributed by atoms with Gasteiger partial charge in [0.25, 0.3) is 0 Å². The van der Waals surface area contributed by atoms with Crippen molar-refractivity contribution in [3.8, 4) is 0 Å². The topological polar surface area (TPSA) is 61.8 Å². The molecule has 1 saturated heterocycles. The zero-order chi connectivity index (χ0) is 20.6. The lowest BCUT2D eigenvalue weighted by Gasteiger charge is -2.20. The normalized spacial score (nSPS) is 16.5. The molecule has 1 atom stereocenters. The second-order valence-electron chi connectivity index (χ2n) is 7.49. The Morgan fingerprint density at radius 2 is 2.10 bits per heavy atom. The Morgan fingerprint density at radius 1 is 1.30 bits per heavy atom. The molecule has 1 aliphatic rings. The van der Waals surface area contributed by atoms with Gasteiger partial charge in [-0.2, -0.15) is 0 Å². The molecule has 1 unspecified atom stereocenters. The molecule has 0 bridgehead atoms. The maximum atomic E-state index is 14.0. The van der Waals surface area contributed by atoms with Gasteiger partial charge in [0, 0.05) is 38.9 Å². The van der Waals surface area contributed by atoms with Crippen molar-refractivity contribution in [2.24, 2.45) is 4.99 Å². The number of nitrogens with zero attached hydrogens (tertiary/aromatic N) is 3. The van der Waals surface area contributed by atoms with E-state index in [-0.39, 0.29) is 41.9 Å². The van der Waals surface area contributed by atoms with Crippen LogP contribution in [0.5, 0.6) is 0 Å². The number of aliphatic imine (C=N–C) groups is 1. The van der Waals surface area contributed by atoms with Crippen LogP contribution in [0.15, 0.2) is 47.6 Å². The minimum atomic E-state index is -0.281. The van der Waals surface area contributed by atoms with Crippen LogP contribution in [0.2, 0.25) is 0 Å². The van der Waals surface area contributed by atoms with Crippen molar-refractivity contribution in [3.63, 3.8) is 0 Å². The lowest BCUT2D eigenvalue weighted by Crippen LogP contribution is -2.44. The van der Waals surface area contributed by atoms with Gasteiger partial charge < -0.3 is 20.3 Å². The number of pyridine rings is 1. The average molecular weight is 527 g/mol. The zero-order valence-corrected chi connectivity index (χ0v) is 20.1. The van der Waals surface area contributed by atoms with E-state index in [9.17, 15) is 4.39 Å². The van der Waals surface area contributed by atoms with E-state index in [2.05, 4.69) is 38.8 Å². The van der Waals surface area contributed by atoms with Crippen LogP contribution in [0.1, 0.15) is 31.4 Å². The van der Waals surface area contributed by atoms with E-state index in [0.717, 1.165) is 24.5 Å². The van der Waals surface area contributed by atoms with Crippen molar-refractivity contribution in [3.05, 3.63) is 59.5 Å². The van der Waals surface area contributed by atoms with E-state index >= 15 is 0 Å². The van der Waals surface area contributed by atoms with Gasteiger partial charge in [-0.25, -0.2) is 9.37 Å². The predicted molar refractivity (Wildman–Crippen MR) is 130 cm³/mol. The SMILES string of the molecule is CN=C(NCc1cccc(COC(C)C)c1)NC1CCN(c2ncccc2F)C1.I. The molecule has 1 fully saturated rings. The highest BCUT2D eigenvalue weighted by molar-refractivity contribution is 14.0. The van der Waals surface area contributed by atoms with Crippen LogP contribution in [0.25, 0.3) is 0 Å². The minimum Gasteiger partial charge on any atom is -0.374 e. The van der Waals surface area contributed by atoms with Crippen molar-refractivity contribution < 1.29 is 9.13 Å². The molecule has 0 radical (unpaired) electrons. The van der Waals surface area contributed by atoms with E-state index in [1.807, 2.05) is 24.8 Å². The Hall–Kier alpha value is -1.94. The molecule has 0 amide bonds. The Balaban J connectivity index is 0.00000320. The van der Waals surface area contributed by atoms with Crippen LogP contribution in [-0.2, 0) is 17.9 Å². The molecule has 1 aliphatic heterocycles. The molecule has 0 saturated carbocycles. The maximum absolute atomic E-state index is 14.0. The molecular weight excluding hydrogens is 496 g/mol. The first kappa shape index (κ1) is 24.3. The van der Waals surface area contributed by atoms with Gasteiger partial charge in [0.05, 0.1) is 12.7 Å². The number of hydrogen-bond donors (Lipinski definition) is 2. The third-order valence-corrected chi connectivity index (χ3v) is 4.83. The Bertz CT molecular complexity index is 833. The van der Waals surface area contributed by atoms with Crippen LogP contribution in [0, 0.1) is 5.82 Å². The van der Waals surface area contributed by atoms with Crippen molar-refractivity contribution >= 4 is 35.8 Å². The summed E-state index contributed by atoms with van der Waals surface area (Å²) in [4.78, 5) is 10.5. The number of nitrogens with one attached hydrogen (secondary N) is 2. The van der Waals surface area contributed by atoms with E-state index in [0.29, 0.717) is 25.5 Å². The number of hydrogen-bond acceptors (Lipinski definition) is 4. The highest BCUT2D eigenvalue weighted by Gasteiger charge is 2.25. The summed E-state index contributed by atoms with van der Waals surface area (Å²) in [5.74, 6) is 0.874. The fraction of sp³-hybridized carbons (Fsp3) is 0.455. The molecular formula is C22H31FIN5O. The number of guanidine groups is 1. The number of anilines is 1. The highest BCUT2D eigenvalue weighted by Crippen LogP contribution is 2.20. The summed E-state index contributed by atoms with van der Waals surface area (Å²) in [6, 6.07) is 11.6. The van der Waals surface area contributed by atoms with Gasteiger partial charge in [-0.05, 0) is 43.5 Å². The smallest absolute Gasteiger partial charge is 0.191 e. The van der Waals surface area contributed by atoms with Crippen molar-refractivity contribution in [1.82, 2.24) is 15.6 Å². The molecule has 2 N–H and O–H groups in total. The number of ether oxygens (including phenoxy) is 1. The van der Waals surface area contributed by atoms with Crippen LogP contribution < -0.4 is 15.5 Å². The third-order valence-electron chi connectivity index (χ3n) is 4.83. The summed E-state index contributed by atoms with van der Waals surface area (Å²) in [6.45, 7) is 6.80. The summed E-state index contributed by atoms with van der Waals surface area (Å²) >= 11 is 0. The second kappa shape index (κ2) is 12.0. The molecule has 1 aromatic carbocycles. The number of aromatic nitrogens is 1. The van der Waals surface area contributed by atoms with Gasteiger partial charge in [-0.1, -0.05) is 24.3 Å². The molecule has 164 valence electrons. The first-order chi connectivity index (χ1) is 14.0. The maximum Gasteiger partial charge on any atom is 0.191 e. The summed E-state index contributed by atoms with van der Waals surface area (Å²) < 4.78 is 19.6. The van der Waals surface area contributed by atoms with E-state index in [1.54, 1.807) is 19.3 Å². The average Bonchev–Trinajstić information content (AvgIpc) is 3.18. The summed E-state index contributed by atoms with van der Waals surface area (Å²) in [5.41, 5.74) is 2.33. The van der Waals surface area contributed by atoms with Crippen molar-refractivity contribution in [2.45, 2.75) is 45.6 Å². The molecule has 0 spiro atoms. The zero-order valence-electron chi connectivity index (χ0n) is 17.8. The van der Waals surface area contributed by atoms with E-state index < -0.39 is 0 Å². The Labute approximate surface area is 195 Å².